The van der Waals surface area contributed by atoms with Crippen LogP contribution in [0.4, 0.5) is 0 Å². The lowest BCUT2D eigenvalue weighted by atomic mass is 10.1. The lowest BCUT2D eigenvalue weighted by molar-refractivity contribution is 0.392. The van der Waals surface area contributed by atoms with Crippen LogP contribution < -0.4 is 5.84 Å². The Morgan fingerprint density at radius 3 is 2.11 bits per heavy atom. The van der Waals surface area contributed by atoms with Gasteiger partial charge >= 0.3 is 0 Å². The van der Waals surface area contributed by atoms with Crippen molar-refractivity contribution in [1.82, 2.24) is 5.01 Å². The van der Waals surface area contributed by atoms with E-state index in [1.165, 1.54) is 5.01 Å². The average molecular weight is 126 g/mol. The summed E-state index contributed by atoms with van der Waals surface area (Å²) < 4.78 is 0. The van der Waals surface area contributed by atoms with Crippen molar-refractivity contribution >= 4 is 0 Å². The van der Waals surface area contributed by atoms with E-state index in [9.17, 15) is 0 Å². The van der Waals surface area contributed by atoms with Gasteiger partial charge in [0.15, 0.2) is 0 Å². The number of hydrogen-bond acceptors (Lipinski definition) is 2. The van der Waals surface area contributed by atoms with Gasteiger partial charge in [-0.1, -0.05) is 20.4 Å². The van der Waals surface area contributed by atoms with Crippen LogP contribution in [0, 0.1) is 5.92 Å². The first-order valence-corrected chi connectivity index (χ1v) is 2.98. The number of allylic oxidation sites excluding steroid dienone is 1. The highest BCUT2D eigenvalue weighted by atomic mass is 15.4. The van der Waals surface area contributed by atoms with Crippen molar-refractivity contribution in [3.05, 3.63) is 18.0 Å². The van der Waals surface area contributed by atoms with Crippen LogP contribution in [0.3, 0.4) is 0 Å². The summed E-state index contributed by atoms with van der Waals surface area (Å²) in [6.45, 7) is 7.62. The first kappa shape index (κ1) is 8.28. The molecule has 0 spiro atoms. The van der Waals surface area contributed by atoms with Gasteiger partial charge in [-0.3, -0.25) is 0 Å². The van der Waals surface area contributed by atoms with E-state index >= 15 is 0 Å². The third-order valence-corrected chi connectivity index (χ3v) is 1.11. The summed E-state index contributed by atoms with van der Waals surface area (Å²) in [6.07, 6.45) is 0. The Balaban J connectivity index is 4.19. The lowest BCUT2D eigenvalue weighted by Crippen LogP contribution is -2.27. The van der Waals surface area contributed by atoms with E-state index in [0.29, 0.717) is 5.92 Å². The van der Waals surface area contributed by atoms with Crippen molar-refractivity contribution < 1.29 is 0 Å². The SMILES string of the molecule is C=C=C(C(C)C)N(C)N. The third-order valence-electron chi connectivity index (χ3n) is 1.11. The molecule has 9 heavy (non-hydrogen) atoms. The van der Waals surface area contributed by atoms with Crippen molar-refractivity contribution in [1.29, 1.82) is 0 Å². The fourth-order valence-corrected chi connectivity index (χ4v) is 0.736. The molecule has 0 unspecified atom stereocenters. The van der Waals surface area contributed by atoms with Gasteiger partial charge in [0, 0.05) is 13.0 Å². The Kier molecular flexibility index (Phi) is 3.07. The molecule has 0 aromatic rings. The Bertz CT molecular complexity index is 120. The summed E-state index contributed by atoms with van der Waals surface area (Å²) in [7, 11) is 1.79. The molecule has 2 nitrogen and oxygen atoms in total. The molecule has 0 aliphatic heterocycles. The molecular weight excluding hydrogens is 112 g/mol. The molecule has 0 heterocycles. The smallest absolute Gasteiger partial charge is 0.0724 e. The van der Waals surface area contributed by atoms with Crippen molar-refractivity contribution in [2.45, 2.75) is 13.8 Å². The number of rotatable bonds is 2. The molecule has 0 saturated carbocycles. The highest BCUT2D eigenvalue weighted by Gasteiger charge is 2.02. The van der Waals surface area contributed by atoms with Gasteiger partial charge in [-0.05, 0) is 0 Å². The van der Waals surface area contributed by atoms with E-state index in [1.807, 2.05) is 0 Å². The van der Waals surface area contributed by atoms with Gasteiger partial charge in [-0.2, -0.15) is 0 Å². The predicted octanol–water partition coefficient (Wildman–Crippen LogP) is 1.12. The first-order chi connectivity index (χ1) is 4.09. The monoisotopic (exact) mass is 126 g/mol. The van der Waals surface area contributed by atoms with Gasteiger partial charge < -0.3 is 5.01 Å². The molecule has 0 fully saturated rings. The Labute approximate surface area is 56.6 Å². The molecule has 0 atom stereocenters. The predicted molar refractivity (Wildman–Crippen MR) is 39.4 cm³/mol. The van der Waals surface area contributed by atoms with Crippen LogP contribution in [0.15, 0.2) is 18.0 Å². The number of nitrogens with zero attached hydrogens (tertiary/aromatic N) is 1. The maximum atomic E-state index is 5.44. The zero-order chi connectivity index (χ0) is 7.44. The molecule has 0 aromatic carbocycles. The summed E-state index contributed by atoms with van der Waals surface area (Å²) in [6, 6.07) is 0. The van der Waals surface area contributed by atoms with Crippen LogP contribution in [0.25, 0.3) is 0 Å². The van der Waals surface area contributed by atoms with Crippen molar-refractivity contribution in [3.8, 4) is 0 Å². The van der Waals surface area contributed by atoms with E-state index in [1.54, 1.807) is 7.05 Å². The molecule has 0 aliphatic carbocycles. The van der Waals surface area contributed by atoms with Crippen molar-refractivity contribution in [2.24, 2.45) is 11.8 Å². The number of nitrogens with two attached hydrogens (primary N) is 1. The van der Waals surface area contributed by atoms with Crippen LogP contribution in [-0.4, -0.2) is 12.1 Å². The molecule has 0 radical (unpaired) electrons. The summed E-state index contributed by atoms with van der Waals surface area (Å²) in [5.74, 6) is 5.84. The minimum atomic E-state index is 0.400. The van der Waals surface area contributed by atoms with Crippen LogP contribution >= 0.6 is 0 Å². The lowest BCUT2D eigenvalue weighted by Gasteiger charge is -2.16. The van der Waals surface area contributed by atoms with Gasteiger partial charge in [-0.15, -0.1) is 5.73 Å². The maximum absolute atomic E-state index is 5.44. The van der Waals surface area contributed by atoms with E-state index < -0.39 is 0 Å². The molecular formula is C7H14N2. The van der Waals surface area contributed by atoms with E-state index in [-0.39, 0.29) is 0 Å². The van der Waals surface area contributed by atoms with E-state index in [4.69, 9.17) is 5.84 Å². The topological polar surface area (TPSA) is 29.3 Å². The summed E-state index contributed by atoms with van der Waals surface area (Å²) in [4.78, 5) is 0. The molecule has 0 amide bonds. The first-order valence-electron chi connectivity index (χ1n) is 2.98. The zero-order valence-electron chi connectivity index (χ0n) is 6.31. The summed E-state index contributed by atoms with van der Waals surface area (Å²) in [5, 5.41) is 1.54. The number of hydrogen-bond donors (Lipinski definition) is 1. The molecule has 0 aromatic heterocycles. The molecule has 0 aliphatic rings. The quantitative estimate of drug-likeness (QED) is 0.341. The number of hydrazine groups is 1. The Hall–Kier alpha value is -0.720. The van der Waals surface area contributed by atoms with Crippen molar-refractivity contribution in [2.75, 3.05) is 7.05 Å². The van der Waals surface area contributed by atoms with Crippen LogP contribution in [0.1, 0.15) is 13.8 Å². The second-order valence-electron chi connectivity index (χ2n) is 2.33. The molecule has 0 saturated heterocycles. The fourth-order valence-electron chi connectivity index (χ4n) is 0.736. The van der Waals surface area contributed by atoms with Crippen LogP contribution in [0.5, 0.6) is 0 Å². The van der Waals surface area contributed by atoms with Gasteiger partial charge in [0.1, 0.15) is 0 Å². The molecule has 0 bridgehead atoms. The Morgan fingerprint density at radius 2 is 2.11 bits per heavy atom. The minimum Gasteiger partial charge on any atom is -0.310 e. The highest BCUT2D eigenvalue weighted by Crippen LogP contribution is 2.07. The standard InChI is InChI=1S/C7H14N2/c1-5-7(6(2)3)9(4)8/h6H,1,8H2,2-4H3. The van der Waals surface area contributed by atoms with E-state index in [0.717, 1.165) is 5.70 Å². The molecule has 0 rings (SSSR count). The maximum Gasteiger partial charge on any atom is 0.0724 e. The van der Waals surface area contributed by atoms with Crippen molar-refractivity contribution in [3.63, 3.8) is 0 Å². The molecule has 2 heteroatoms. The zero-order valence-corrected chi connectivity index (χ0v) is 6.31. The second-order valence-corrected chi connectivity index (χ2v) is 2.33. The fraction of sp³-hybridized carbons (Fsp3) is 0.571. The van der Waals surface area contributed by atoms with Gasteiger partial charge in [0.05, 0.1) is 5.70 Å². The largest absolute Gasteiger partial charge is 0.310 e. The average Bonchev–Trinajstić information content (AvgIpc) is 1.64. The van der Waals surface area contributed by atoms with Crippen LogP contribution in [-0.2, 0) is 0 Å². The van der Waals surface area contributed by atoms with Gasteiger partial charge in [-0.25, -0.2) is 5.84 Å². The minimum absolute atomic E-state index is 0.400. The molecule has 52 valence electrons. The van der Waals surface area contributed by atoms with Gasteiger partial charge in [0.25, 0.3) is 0 Å². The van der Waals surface area contributed by atoms with Crippen LogP contribution in [0.2, 0.25) is 0 Å². The highest BCUT2D eigenvalue weighted by molar-refractivity contribution is 4.98. The summed E-state index contributed by atoms with van der Waals surface area (Å²) >= 11 is 0. The van der Waals surface area contributed by atoms with E-state index in [2.05, 4.69) is 26.2 Å². The Morgan fingerprint density at radius 1 is 1.67 bits per heavy atom. The molecule has 2 N–H and O–H groups in total. The summed E-state index contributed by atoms with van der Waals surface area (Å²) in [5.41, 5.74) is 3.71. The van der Waals surface area contributed by atoms with Gasteiger partial charge in [0.2, 0.25) is 0 Å². The second kappa shape index (κ2) is 3.33. The third kappa shape index (κ3) is 2.36. The normalized spacial score (nSPS) is 9.00.